The fraction of sp³-hybridized carbons (Fsp3) is 0.211. The summed E-state index contributed by atoms with van der Waals surface area (Å²) < 4.78 is 4.73. The van der Waals surface area contributed by atoms with Crippen LogP contribution in [0.4, 0.5) is 0 Å². The van der Waals surface area contributed by atoms with Crippen LogP contribution in [0.5, 0.6) is 0 Å². The van der Waals surface area contributed by atoms with Crippen molar-refractivity contribution in [3.63, 3.8) is 0 Å². The minimum Gasteiger partial charge on any atom is -0.464 e. The lowest BCUT2D eigenvalue weighted by Crippen LogP contribution is -2.00. The van der Waals surface area contributed by atoms with E-state index in [-0.39, 0.29) is 5.97 Å². The number of fused-ring (bicyclic) bond motifs is 2. The monoisotopic (exact) mass is 319 g/mol. The number of pyridine rings is 2. The van der Waals surface area contributed by atoms with E-state index in [1.165, 1.54) is 18.2 Å². The van der Waals surface area contributed by atoms with Gasteiger partial charge in [0.05, 0.1) is 12.8 Å². The molecule has 0 saturated carbocycles. The van der Waals surface area contributed by atoms with Crippen LogP contribution in [-0.2, 0) is 24.0 Å². The van der Waals surface area contributed by atoms with E-state index in [2.05, 4.69) is 39.2 Å². The molecule has 0 spiro atoms. The summed E-state index contributed by atoms with van der Waals surface area (Å²) in [5.41, 5.74) is 5.87. The highest BCUT2D eigenvalue weighted by molar-refractivity contribution is 5.93. The molecule has 120 valence electrons. The Morgan fingerprint density at radius 3 is 2.79 bits per heavy atom. The van der Waals surface area contributed by atoms with Gasteiger partial charge in [-0.3, -0.25) is 4.98 Å². The smallest absolute Gasteiger partial charge is 0.354 e. The molecule has 3 heterocycles. The Bertz CT molecular complexity index is 956. The van der Waals surface area contributed by atoms with Gasteiger partial charge in [0.15, 0.2) is 0 Å². The molecule has 3 aromatic rings. The van der Waals surface area contributed by atoms with Crippen LogP contribution in [0.2, 0.25) is 0 Å². The summed E-state index contributed by atoms with van der Waals surface area (Å²) in [6, 6.07) is 6.05. The maximum Gasteiger partial charge on any atom is 0.354 e. The van der Waals surface area contributed by atoms with Gasteiger partial charge in [0.25, 0.3) is 0 Å². The van der Waals surface area contributed by atoms with Gasteiger partial charge < -0.3 is 9.72 Å². The topological polar surface area (TPSA) is 67.9 Å². The lowest BCUT2D eigenvalue weighted by atomic mass is 10.0. The van der Waals surface area contributed by atoms with Crippen LogP contribution in [0.15, 0.2) is 36.7 Å². The Morgan fingerprint density at radius 2 is 1.96 bits per heavy atom. The highest BCUT2D eigenvalue weighted by Gasteiger charge is 2.11. The first-order valence-corrected chi connectivity index (χ1v) is 7.93. The van der Waals surface area contributed by atoms with Crippen LogP contribution in [-0.4, -0.2) is 28.0 Å². The summed E-state index contributed by atoms with van der Waals surface area (Å²) in [5, 5.41) is 0.919. The molecule has 1 N–H and O–H groups in total. The van der Waals surface area contributed by atoms with Gasteiger partial charge in [0.1, 0.15) is 11.3 Å². The molecule has 3 aromatic heterocycles. The van der Waals surface area contributed by atoms with Crippen molar-refractivity contribution in [3.05, 3.63) is 64.7 Å². The number of nitrogens with zero attached hydrogens (tertiary/aromatic N) is 2. The first-order chi connectivity index (χ1) is 11.7. The summed E-state index contributed by atoms with van der Waals surface area (Å²) in [4.78, 5) is 23.5. The van der Waals surface area contributed by atoms with Crippen LogP contribution in [0.1, 0.15) is 32.9 Å². The number of ether oxygens (including phenoxy) is 1. The van der Waals surface area contributed by atoms with Gasteiger partial charge in [-0.15, -0.1) is 0 Å². The zero-order valence-electron chi connectivity index (χ0n) is 13.4. The molecule has 0 fully saturated rings. The van der Waals surface area contributed by atoms with Crippen molar-refractivity contribution in [2.75, 3.05) is 7.11 Å². The highest BCUT2D eigenvalue weighted by Crippen LogP contribution is 2.20. The Hall–Kier alpha value is -2.95. The number of aryl methyl sites for hydroxylation is 2. The molecule has 0 saturated heterocycles. The second kappa shape index (κ2) is 5.92. The number of allylic oxidation sites excluding steroid dienone is 1. The van der Waals surface area contributed by atoms with E-state index in [1.807, 2.05) is 12.4 Å². The number of nitrogens with one attached hydrogen (secondary N) is 1. The van der Waals surface area contributed by atoms with Crippen molar-refractivity contribution in [3.8, 4) is 0 Å². The number of esters is 1. The summed E-state index contributed by atoms with van der Waals surface area (Å²) in [7, 11) is 1.37. The lowest BCUT2D eigenvalue weighted by Gasteiger charge is -2.04. The SMILES string of the molecule is COC(=O)c1cc2cc(CCc3cnc4c(c3)C=CC4)cnc2[nH]1. The molecule has 0 radical (unpaired) electrons. The van der Waals surface area contributed by atoms with Gasteiger partial charge in [-0.1, -0.05) is 12.2 Å². The minimum atomic E-state index is -0.383. The molecule has 5 nitrogen and oxygen atoms in total. The van der Waals surface area contributed by atoms with Crippen LogP contribution in [0.25, 0.3) is 17.1 Å². The maximum atomic E-state index is 11.6. The normalized spacial score (nSPS) is 12.5. The summed E-state index contributed by atoms with van der Waals surface area (Å²) in [6.45, 7) is 0. The van der Waals surface area contributed by atoms with E-state index < -0.39 is 0 Å². The molecule has 0 bridgehead atoms. The number of aromatic nitrogens is 3. The fourth-order valence-electron chi connectivity index (χ4n) is 3.01. The molecular weight excluding hydrogens is 302 g/mol. The number of hydrogen-bond acceptors (Lipinski definition) is 4. The van der Waals surface area contributed by atoms with Crippen molar-refractivity contribution in [2.45, 2.75) is 19.3 Å². The van der Waals surface area contributed by atoms with Gasteiger partial charge >= 0.3 is 5.97 Å². The molecule has 0 unspecified atom stereocenters. The van der Waals surface area contributed by atoms with E-state index in [0.717, 1.165) is 35.9 Å². The predicted octanol–water partition coefficient (Wildman–Crippen LogP) is 3.10. The Balaban J connectivity index is 1.52. The summed E-state index contributed by atoms with van der Waals surface area (Å²) in [6.07, 6.45) is 10.8. The molecule has 1 aliphatic carbocycles. The molecule has 4 rings (SSSR count). The number of hydrogen-bond donors (Lipinski definition) is 1. The third kappa shape index (κ3) is 2.69. The number of H-pyrrole nitrogens is 1. The third-order valence-corrected chi connectivity index (χ3v) is 4.30. The quantitative estimate of drug-likeness (QED) is 0.750. The molecule has 5 heteroatoms. The van der Waals surface area contributed by atoms with Crippen LogP contribution < -0.4 is 0 Å². The van der Waals surface area contributed by atoms with Crippen molar-refractivity contribution in [2.24, 2.45) is 0 Å². The largest absolute Gasteiger partial charge is 0.464 e. The summed E-state index contributed by atoms with van der Waals surface area (Å²) >= 11 is 0. The highest BCUT2D eigenvalue weighted by atomic mass is 16.5. The molecular formula is C19H17N3O2. The lowest BCUT2D eigenvalue weighted by molar-refractivity contribution is 0.0595. The number of aromatic amines is 1. The number of carbonyl (C=O) groups is 1. The van der Waals surface area contributed by atoms with Crippen LogP contribution in [0.3, 0.4) is 0 Å². The zero-order valence-corrected chi connectivity index (χ0v) is 13.4. The van der Waals surface area contributed by atoms with E-state index >= 15 is 0 Å². The summed E-state index contributed by atoms with van der Waals surface area (Å²) in [5.74, 6) is -0.383. The van der Waals surface area contributed by atoms with Crippen molar-refractivity contribution >= 4 is 23.1 Å². The van der Waals surface area contributed by atoms with E-state index in [0.29, 0.717) is 11.3 Å². The number of methoxy groups -OCH3 is 1. The Morgan fingerprint density at radius 1 is 1.17 bits per heavy atom. The number of rotatable bonds is 4. The number of carbonyl (C=O) groups excluding carboxylic acids is 1. The third-order valence-electron chi connectivity index (χ3n) is 4.30. The molecule has 0 atom stereocenters. The minimum absolute atomic E-state index is 0.383. The Labute approximate surface area is 139 Å². The standard InChI is InChI=1S/C19H17N3O2/c1-24-19(23)17-9-15-8-13(11-21-18(15)22-17)6-5-12-7-14-3-2-4-16(14)20-10-12/h2-3,7-11H,4-6H2,1H3,(H,21,22). The van der Waals surface area contributed by atoms with E-state index in [1.54, 1.807) is 6.07 Å². The first-order valence-electron chi connectivity index (χ1n) is 7.93. The van der Waals surface area contributed by atoms with Gasteiger partial charge in [-0.05, 0) is 47.7 Å². The molecule has 0 amide bonds. The Kier molecular flexibility index (Phi) is 3.61. The average molecular weight is 319 g/mol. The van der Waals surface area contributed by atoms with Gasteiger partial charge in [0.2, 0.25) is 0 Å². The second-order valence-electron chi connectivity index (χ2n) is 5.94. The molecule has 1 aliphatic rings. The predicted molar refractivity (Wildman–Crippen MR) is 91.8 cm³/mol. The van der Waals surface area contributed by atoms with Crippen molar-refractivity contribution in [1.29, 1.82) is 0 Å². The average Bonchev–Trinajstić information content (AvgIpc) is 3.24. The van der Waals surface area contributed by atoms with Gasteiger partial charge in [-0.2, -0.15) is 0 Å². The van der Waals surface area contributed by atoms with Crippen molar-refractivity contribution < 1.29 is 9.53 Å². The van der Waals surface area contributed by atoms with E-state index in [4.69, 9.17) is 4.74 Å². The van der Waals surface area contributed by atoms with Gasteiger partial charge in [-0.25, -0.2) is 9.78 Å². The van der Waals surface area contributed by atoms with E-state index in [9.17, 15) is 4.79 Å². The second-order valence-corrected chi connectivity index (χ2v) is 5.94. The maximum absolute atomic E-state index is 11.6. The van der Waals surface area contributed by atoms with Gasteiger partial charge in [0, 0.05) is 24.2 Å². The van der Waals surface area contributed by atoms with Crippen molar-refractivity contribution in [1.82, 2.24) is 15.0 Å². The zero-order chi connectivity index (χ0) is 16.5. The molecule has 0 aliphatic heterocycles. The first kappa shape index (κ1) is 14.6. The molecule has 24 heavy (non-hydrogen) atoms. The molecule has 0 aromatic carbocycles. The van der Waals surface area contributed by atoms with Crippen LogP contribution >= 0.6 is 0 Å². The fourth-order valence-corrected chi connectivity index (χ4v) is 3.01. The van der Waals surface area contributed by atoms with Crippen LogP contribution in [0, 0.1) is 0 Å².